The van der Waals surface area contributed by atoms with Crippen molar-refractivity contribution in [2.45, 2.75) is 62.3 Å². The molecule has 1 atom stereocenters. The summed E-state index contributed by atoms with van der Waals surface area (Å²) in [5.41, 5.74) is 0. The standard InChI is InChI=1S/C16H27N3O3S/c20-23(21,18-10-14-6-4-2-1-3-5-7-14)16-11-17-19(12-16)15-8-9-22-13-15/h11-12,14-15,18H,1-10,13H2/t15-/m0/s1. The number of rotatable bonds is 5. The second-order valence-electron chi connectivity index (χ2n) is 6.74. The Bertz CT molecular complexity index is 585. The molecule has 6 nitrogen and oxygen atoms in total. The van der Waals surface area contributed by atoms with Gasteiger partial charge < -0.3 is 4.74 Å². The molecule has 0 bridgehead atoms. The van der Waals surface area contributed by atoms with Gasteiger partial charge in [-0.05, 0) is 25.2 Å². The molecular formula is C16H27N3O3S. The van der Waals surface area contributed by atoms with Gasteiger partial charge in [0.15, 0.2) is 0 Å². The molecule has 1 saturated carbocycles. The molecule has 23 heavy (non-hydrogen) atoms. The first-order valence-corrected chi connectivity index (χ1v) is 10.2. The Morgan fingerprint density at radius 2 is 1.91 bits per heavy atom. The van der Waals surface area contributed by atoms with E-state index in [4.69, 9.17) is 4.74 Å². The SMILES string of the molecule is O=S(=O)(NCC1CCCCCCC1)c1cnn([C@H]2CCOC2)c1. The molecule has 0 radical (unpaired) electrons. The van der Waals surface area contributed by atoms with Crippen molar-refractivity contribution in [3.63, 3.8) is 0 Å². The maximum Gasteiger partial charge on any atom is 0.243 e. The van der Waals surface area contributed by atoms with Crippen LogP contribution >= 0.6 is 0 Å². The third-order valence-electron chi connectivity index (χ3n) is 4.95. The summed E-state index contributed by atoms with van der Waals surface area (Å²) in [7, 11) is -3.46. The van der Waals surface area contributed by atoms with Crippen molar-refractivity contribution < 1.29 is 13.2 Å². The topological polar surface area (TPSA) is 73.2 Å². The number of aromatic nitrogens is 2. The fourth-order valence-corrected chi connectivity index (χ4v) is 4.50. The average Bonchev–Trinajstić information content (AvgIpc) is 3.17. The summed E-state index contributed by atoms with van der Waals surface area (Å²) in [6.07, 6.45) is 12.5. The van der Waals surface area contributed by atoms with Crippen molar-refractivity contribution in [3.8, 4) is 0 Å². The van der Waals surface area contributed by atoms with Crippen LogP contribution in [0.5, 0.6) is 0 Å². The molecular weight excluding hydrogens is 314 g/mol. The van der Waals surface area contributed by atoms with E-state index < -0.39 is 10.0 Å². The lowest BCUT2D eigenvalue weighted by molar-refractivity contribution is 0.184. The first kappa shape index (κ1) is 16.9. The number of hydrogen-bond acceptors (Lipinski definition) is 4. The van der Waals surface area contributed by atoms with Gasteiger partial charge in [0.2, 0.25) is 10.0 Å². The quantitative estimate of drug-likeness (QED) is 0.893. The Morgan fingerprint density at radius 3 is 2.61 bits per heavy atom. The molecule has 0 amide bonds. The van der Waals surface area contributed by atoms with E-state index in [9.17, 15) is 8.42 Å². The largest absolute Gasteiger partial charge is 0.379 e. The zero-order valence-corrected chi connectivity index (χ0v) is 14.4. The van der Waals surface area contributed by atoms with Crippen LogP contribution in [0.2, 0.25) is 0 Å². The van der Waals surface area contributed by atoms with Crippen molar-refractivity contribution in [3.05, 3.63) is 12.4 Å². The third-order valence-corrected chi connectivity index (χ3v) is 6.33. The summed E-state index contributed by atoms with van der Waals surface area (Å²) in [5.74, 6) is 0.461. The number of nitrogens with zero attached hydrogens (tertiary/aromatic N) is 2. The van der Waals surface area contributed by atoms with Crippen LogP contribution < -0.4 is 4.72 Å². The van der Waals surface area contributed by atoms with Gasteiger partial charge >= 0.3 is 0 Å². The van der Waals surface area contributed by atoms with E-state index in [0.29, 0.717) is 25.7 Å². The molecule has 2 heterocycles. The molecule has 2 aliphatic rings. The van der Waals surface area contributed by atoms with Crippen LogP contribution in [0.15, 0.2) is 17.3 Å². The lowest BCUT2D eigenvalue weighted by Gasteiger charge is -2.19. The minimum atomic E-state index is -3.46. The van der Waals surface area contributed by atoms with E-state index in [1.165, 1.54) is 38.3 Å². The van der Waals surface area contributed by atoms with Crippen LogP contribution in [0.4, 0.5) is 0 Å². The van der Waals surface area contributed by atoms with Gasteiger partial charge in [-0.3, -0.25) is 4.68 Å². The molecule has 2 fully saturated rings. The van der Waals surface area contributed by atoms with Gasteiger partial charge in [-0.1, -0.05) is 32.1 Å². The summed E-state index contributed by atoms with van der Waals surface area (Å²) in [6, 6.07) is 0.157. The zero-order valence-electron chi connectivity index (χ0n) is 13.6. The van der Waals surface area contributed by atoms with Crippen LogP contribution in [0, 0.1) is 5.92 Å². The predicted octanol–water partition coefficient (Wildman–Crippen LogP) is 2.48. The van der Waals surface area contributed by atoms with Gasteiger partial charge in [-0.15, -0.1) is 0 Å². The van der Waals surface area contributed by atoms with Gasteiger partial charge in [-0.2, -0.15) is 5.10 Å². The van der Waals surface area contributed by atoms with E-state index in [2.05, 4.69) is 9.82 Å². The van der Waals surface area contributed by atoms with Crippen LogP contribution in [-0.2, 0) is 14.8 Å². The molecule has 0 unspecified atom stereocenters. The van der Waals surface area contributed by atoms with Crippen LogP contribution in [0.1, 0.15) is 57.4 Å². The monoisotopic (exact) mass is 341 g/mol. The van der Waals surface area contributed by atoms with Crippen LogP contribution in [0.3, 0.4) is 0 Å². The highest BCUT2D eigenvalue weighted by atomic mass is 32.2. The lowest BCUT2D eigenvalue weighted by atomic mass is 9.91. The predicted molar refractivity (Wildman–Crippen MR) is 87.7 cm³/mol. The first-order chi connectivity index (χ1) is 11.1. The van der Waals surface area contributed by atoms with Crippen molar-refractivity contribution in [2.75, 3.05) is 19.8 Å². The molecule has 1 aromatic rings. The van der Waals surface area contributed by atoms with E-state index in [1.54, 1.807) is 10.9 Å². The van der Waals surface area contributed by atoms with Gasteiger partial charge in [0.25, 0.3) is 0 Å². The van der Waals surface area contributed by atoms with E-state index in [1.807, 2.05) is 0 Å². The summed E-state index contributed by atoms with van der Waals surface area (Å²) in [5, 5.41) is 4.20. The number of nitrogens with one attached hydrogen (secondary N) is 1. The molecule has 1 aromatic heterocycles. The average molecular weight is 341 g/mol. The summed E-state index contributed by atoms with van der Waals surface area (Å²) >= 11 is 0. The number of sulfonamides is 1. The van der Waals surface area contributed by atoms with Crippen molar-refractivity contribution in [2.24, 2.45) is 5.92 Å². The second-order valence-corrected chi connectivity index (χ2v) is 8.50. The Morgan fingerprint density at radius 1 is 1.17 bits per heavy atom. The third kappa shape index (κ3) is 4.55. The minimum Gasteiger partial charge on any atom is -0.379 e. The molecule has 1 N–H and O–H groups in total. The van der Waals surface area contributed by atoms with Crippen molar-refractivity contribution >= 4 is 10.0 Å². The van der Waals surface area contributed by atoms with E-state index in [-0.39, 0.29) is 10.9 Å². The Balaban J connectivity index is 1.57. The maximum atomic E-state index is 12.5. The molecule has 0 aromatic carbocycles. The van der Waals surface area contributed by atoms with Crippen molar-refractivity contribution in [1.82, 2.24) is 14.5 Å². The van der Waals surface area contributed by atoms with Crippen LogP contribution in [0.25, 0.3) is 0 Å². The molecule has 1 saturated heterocycles. The molecule has 130 valence electrons. The van der Waals surface area contributed by atoms with Crippen molar-refractivity contribution in [1.29, 1.82) is 0 Å². The highest BCUT2D eigenvalue weighted by molar-refractivity contribution is 7.89. The van der Waals surface area contributed by atoms with Gasteiger partial charge in [0.05, 0.1) is 18.8 Å². The molecule has 0 spiro atoms. The lowest BCUT2D eigenvalue weighted by Crippen LogP contribution is -2.29. The summed E-state index contributed by atoms with van der Waals surface area (Å²) < 4.78 is 34.8. The summed E-state index contributed by atoms with van der Waals surface area (Å²) in [4.78, 5) is 0.259. The zero-order chi connectivity index (χ0) is 16.1. The maximum absolute atomic E-state index is 12.5. The Kier molecular flexibility index (Phi) is 5.71. The molecule has 1 aliphatic carbocycles. The Labute approximate surface area is 138 Å². The van der Waals surface area contributed by atoms with E-state index >= 15 is 0 Å². The van der Waals surface area contributed by atoms with E-state index in [0.717, 1.165) is 19.3 Å². The smallest absolute Gasteiger partial charge is 0.243 e. The highest BCUT2D eigenvalue weighted by Gasteiger charge is 2.23. The Hall–Kier alpha value is -0.920. The molecule has 3 rings (SSSR count). The molecule has 1 aliphatic heterocycles. The second kappa shape index (κ2) is 7.77. The van der Waals surface area contributed by atoms with Gasteiger partial charge in [0, 0.05) is 19.3 Å². The van der Waals surface area contributed by atoms with Gasteiger partial charge in [-0.25, -0.2) is 13.1 Å². The van der Waals surface area contributed by atoms with Gasteiger partial charge in [0.1, 0.15) is 4.90 Å². The first-order valence-electron chi connectivity index (χ1n) is 8.77. The molecule has 7 heteroatoms. The fraction of sp³-hybridized carbons (Fsp3) is 0.812. The fourth-order valence-electron chi connectivity index (χ4n) is 3.45. The normalized spacial score (nSPS) is 24.4. The highest BCUT2D eigenvalue weighted by Crippen LogP contribution is 2.23. The van der Waals surface area contributed by atoms with Crippen LogP contribution in [-0.4, -0.2) is 38.0 Å². The number of ether oxygens (including phenoxy) is 1. The number of hydrogen-bond donors (Lipinski definition) is 1. The summed E-state index contributed by atoms with van der Waals surface area (Å²) in [6.45, 7) is 1.86. The minimum absolute atomic E-state index is 0.157.